The van der Waals surface area contributed by atoms with E-state index >= 15 is 0 Å². The van der Waals surface area contributed by atoms with Crippen LogP contribution in [0.2, 0.25) is 0 Å². The van der Waals surface area contributed by atoms with Crippen molar-refractivity contribution >= 4 is 12.6 Å². The maximum Gasteiger partial charge on any atom is 0.150 e. The van der Waals surface area contributed by atoms with Gasteiger partial charge in [0.15, 0.2) is 0 Å². The normalized spacial score (nSPS) is 9.88. The third-order valence-corrected chi connectivity index (χ3v) is 2.58. The Bertz CT molecular complexity index is 495. The molecular formula is C15H12O2. The largest absolute Gasteiger partial charge is 0.298 e. The van der Waals surface area contributed by atoms with Crippen molar-refractivity contribution in [1.82, 2.24) is 0 Å². The Kier molecular flexibility index (Phi) is 3.46. The first kappa shape index (κ1) is 11.3. The summed E-state index contributed by atoms with van der Waals surface area (Å²) >= 11 is 0. The molecule has 0 amide bonds. The summed E-state index contributed by atoms with van der Waals surface area (Å²) < 4.78 is 0. The minimum Gasteiger partial charge on any atom is -0.298 e. The molecular weight excluding hydrogens is 212 g/mol. The van der Waals surface area contributed by atoms with E-state index in [1.807, 2.05) is 36.4 Å². The number of rotatable bonds is 4. The molecule has 2 heteroatoms. The molecule has 0 unspecified atom stereocenters. The molecule has 0 aromatic heterocycles. The Morgan fingerprint density at radius 1 is 0.765 bits per heavy atom. The monoisotopic (exact) mass is 224 g/mol. The molecule has 0 spiro atoms. The van der Waals surface area contributed by atoms with Crippen molar-refractivity contribution in [2.45, 2.75) is 6.42 Å². The van der Waals surface area contributed by atoms with E-state index in [2.05, 4.69) is 0 Å². The van der Waals surface area contributed by atoms with E-state index in [9.17, 15) is 9.59 Å². The van der Waals surface area contributed by atoms with E-state index < -0.39 is 0 Å². The van der Waals surface area contributed by atoms with Crippen molar-refractivity contribution in [2.75, 3.05) is 0 Å². The van der Waals surface area contributed by atoms with Crippen molar-refractivity contribution in [2.24, 2.45) is 0 Å². The summed E-state index contributed by atoms with van der Waals surface area (Å²) in [5.41, 5.74) is 3.48. The van der Waals surface area contributed by atoms with E-state index in [-0.39, 0.29) is 0 Å². The maximum atomic E-state index is 10.7. The summed E-state index contributed by atoms with van der Waals surface area (Å²) in [4.78, 5) is 21.3. The Morgan fingerprint density at radius 2 is 1.24 bits per heavy atom. The molecule has 0 fully saturated rings. The number of carbonyl (C=O) groups is 2. The van der Waals surface area contributed by atoms with Gasteiger partial charge in [0.1, 0.15) is 12.6 Å². The second-order valence-electron chi connectivity index (χ2n) is 3.90. The van der Waals surface area contributed by atoms with Crippen LogP contribution in [0.5, 0.6) is 0 Å². The Labute approximate surface area is 99.9 Å². The number of carbonyl (C=O) groups excluding carboxylic acids is 2. The van der Waals surface area contributed by atoms with Gasteiger partial charge in [-0.3, -0.25) is 9.59 Å². The lowest BCUT2D eigenvalue weighted by atomic mass is 10.0. The molecule has 0 aliphatic carbocycles. The zero-order valence-electron chi connectivity index (χ0n) is 9.30. The summed E-state index contributed by atoms with van der Waals surface area (Å²) in [7, 11) is 0. The molecule has 84 valence electrons. The van der Waals surface area contributed by atoms with Gasteiger partial charge < -0.3 is 0 Å². The smallest absolute Gasteiger partial charge is 0.150 e. The standard InChI is InChI=1S/C15H12O2/c16-10-14-5-1-3-12(8-14)7-13-4-2-6-15(9-13)11-17/h1-6,8-11H,7H2. The molecule has 0 atom stereocenters. The fraction of sp³-hybridized carbons (Fsp3) is 0.0667. The van der Waals surface area contributed by atoms with Crippen LogP contribution in [-0.4, -0.2) is 12.6 Å². The van der Waals surface area contributed by atoms with Crippen molar-refractivity contribution in [1.29, 1.82) is 0 Å². The van der Waals surface area contributed by atoms with Gasteiger partial charge in [-0.1, -0.05) is 36.4 Å². The Hall–Kier alpha value is -2.22. The summed E-state index contributed by atoms with van der Waals surface area (Å²) in [5, 5.41) is 0. The molecule has 17 heavy (non-hydrogen) atoms. The second kappa shape index (κ2) is 5.21. The van der Waals surface area contributed by atoms with Gasteiger partial charge in [0.2, 0.25) is 0 Å². The summed E-state index contributed by atoms with van der Waals surface area (Å²) in [6, 6.07) is 14.9. The number of hydrogen-bond acceptors (Lipinski definition) is 2. The third-order valence-electron chi connectivity index (χ3n) is 2.58. The van der Waals surface area contributed by atoms with E-state index in [0.29, 0.717) is 11.1 Å². The van der Waals surface area contributed by atoms with Crippen molar-refractivity contribution in [3.63, 3.8) is 0 Å². The Morgan fingerprint density at radius 3 is 1.65 bits per heavy atom. The van der Waals surface area contributed by atoms with Crippen LogP contribution in [0.4, 0.5) is 0 Å². The average molecular weight is 224 g/mol. The average Bonchev–Trinajstić information content (AvgIpc) is 2.39. The minimum absolute atomic E-state index is 0.675. The lowest BCUT2D eigenvalue weighted by Crippen LogP contribution is -1.91. The molecule has 0 aliphatic heterocycles. The van der Waals surface area contributed by atoms with Gasteiger partial charge in [0.05, 0.1) is 0 Å². The quantitative estimate of drug-likeness (QED) is 0.748. The van der Waals surface area contributed by atoms with E-state index in [0.717, 1.165) is 30.1 Å². The second-order valence-corrected chi connectivity index (χ2v) is 3.90. The fourth-order valence-electron chi connectivity index (χ4n) is 1.79. The number of aldehydes is 2. The van der Waals surface area contributed by atoms with Gasteiger partial charge >= 0.3 is 0 Å². The molecule has 0 N–H and O–H groups in total. The molecule has 0 saturated carbocycles. The predicted octanol–water partition coefficient (Wildman–Crippen LogP) is 2.90. The highest BCUT2D eigenvalue weighted by atomic mass is 16.1. The molecule has 2 aromatic carbocycles. The molecule has 0 bridgehead atoms. The Balaban J connectivity index is 2.24. The first-order chi connectivity index (χ1) is 8.31. The number of hydrogen-bond donors (Lipinski definition) is 0. The van der Waals surface area contributed by atoms with Crippen LogP contribution in [0.1, 0.15) is 31.8 Å². The van der Waals surface area contributed by atoms with Gasteiger partial charge in [0.25, 0.3) is 0 Å². The maximum absolute atomic E-state index is 10.7. The molecule has 0 aliphatic rings. The zero-order valence-corrected chi connectivity index (χ0v) is 9.30. The van der Waals surface area contributed by atoms with Crippen LogP contribution in [0.25, 0.3) is 0 Å². The van der Waals surface area contributed by atoms with Crippen LogP contribution >= 0.6 is 0 Å². The van der Waals surface area contributed by atoms with Gasteiger partial charge in [-0.2, -0.15) is 0 Å². The predicted molar refractivity (Wildman–Crippen MR) is 66.5 cm³/mol. The van der Waals surface area contributed by atoms with Crippen LogP contribution in [0.15, 0.2) is 48.5 Å². The van der Waals surface area contributed by atoms with E-state index in [4.69, 9.17) is 0 Å². The van der Waals surface area contributed by atoms with Crippen molar-refractivity contribution in [3.8, 4) is 0 Å². The lowest BCUT2D eigenvalue weighted by Gasteiger charge is -2.03. The molecule has 0 radical (unpaired) electrons. The van der Waals surface area contributed by atoms with E-state index in [1.54, 1.807) is 12.1 Å². The SMILES string of the molecule is O=Cc1cccc(Cc2cccc(C=O)c2)c1. The molecule has 2 rings (SSSR count). The van der Waals surface area contributed by atoms with Crippen LogP contribution in [0.3, 0.4) is 0 Å². The van der Waals surface area contributed by atoms with Gasteiger partial charge in [0, 0.05) is 11.1 Å². The summed E-state index contributed by atoms with van der Waals surface area (Å²) in [6.45, 7) is 0. The molecule has 0 saturated heterocycles. The highest BCUT2D eigenvalue weighted by Gasteiger charge is 1.99. The highest BCUT2D eigenvalue weighted by molar-refractivity contribution is 5.75. The van der Waals surface area contributed by atoms with Crippen molar-refractivity contribution < 1.29 is 9.59 Å². The van der Waals surface area contributed by atoms with Crippen molar-refractivity contribution in [3.05, 3.63) is 70.8 Å². The zero-order chi connectivity index (χ0) is 12.1. The minimum atomic E-state index is 0.675. The molecule has 2 aromatic rings. The van der Waals surface area contributed by atoms with E-state index in [1.165, 1.54) is 0 Å². The van der Waals surface area contributed by atoms with Gasteiger partial charge in [-0.15, -0.1) is 0 Å². The van der Waals surface area contributed by atoms with Gasteiger partial charge in [-0.25, -0.2) is 0 Å². The third kappa shape index (κ3) is 2.88. The first-order valence-corrected chi connectivity index (χ1v) is 5.40. The molecule has 0 heterocycles. The fourth-order valence-corrected chi connectivity index (χ4v) is 1.79. The van der Waals surface area contributed by atoms with Crippen LogP contribution in [0, 0.1) is 0 Å². The highest BCUT2D eigenvalue weighted by Crippen LogP contribution is 2.12. The first-order valence-electron chi connectivity index (χ1n) is 5.40. The summed E-state index contributed by atoms with van der Waals surface area (Å²) in [5.74, 6) is 0. The molecule has 2 nitrogen and oxygen atoms in total. The van der Waals surface area contributed by atoms with Crippen LogP contribution in [-0.2, 0) is 6.42 Å². The van der Waals surface area contributed by atoms with Crippen LogP contribution < -0.4 is 0 Å². The number of benzene rings is 2. The summed E-state index contributed by atoms with van der Waals surface area (Å²) in [6.07, 6.45) is 2.40. The lowest BCUT2D eigenvalue weighted by molar-refractivity contribution is 0.111. The van der Waals surface area contributed by atoms with Gasteiger partial charge in [-0.05, 0) is 29.7 Å². The topological polar surface area (TPSA) is 34.1 Å².